The smallest absolute Gasteiger partial charge is 0.143 e. The number of aryl methyl sites for hydroxylation is 2. The Morgan fingerprint density at radius 1 is 0.414 bits per heavy atom. The predicted octanol–water partition coefficient (Wildman–Crippen LogP) is 15.6. The van der Waals surface area contributed by atoms with E-state index in [1.165, 1.54) is 66.8 Å². The van der Waals surface area contributed by atoms with Crippen molar-refractivity contribution in [1.82, 2.24) is 0 Å². The third-order valence-corrected chi connectivity index (χ3v) is 13.2. The van der Waals surface area contributed by atoms with Crippen LogP contribution in [0, 0.1) is 13.8 Å². The van der Waals surface area contributed by atoms with E-state index in [2.05, 4.69) is 204 Å². The summed E-state index contributed by atoms with van der Waals surface area (Å²) in [6.07, 6.45) is 0. The SMILES string of the molecule is Cc1cc(C)c2c(c1)C(C)(C)c1ccc(-c3cccc(N(c4cccc(-c5cccc6c5oc5ccccc56)c4)c4ccc5c(c4)C(C)(C)c4ccccc4-5)c3)cc1-2. The van der Waals surface area contributed by atoms with Crippen molar-refractivity contribution in [2.24, 2.45) is 0 Å². The number of nitrogens with zero attached hydrogens (tertiary/aromatic N) is 1. The number of rotatable bonds is 5. The number of anilines is 3. The molecule has 0 atom stereocenters. The van der Waals surface area contributed by atoms with Crippen LogP contribution in [0.4, 0.5) is 17.1 Å². The van der Waals surface area contributed by atoms with Crippen molar-refractivity contribution in [1.29, 1.82) is 0 Å². The van der Waals surface area contributed by atoms with E-state index in [0.717, 1.165) is 50.1 Å². The van der Waals surface area contributed by atoms with Gasteiger partial charge in [0.05, 0.1) is 0 Å². The van der Waals surface area contributed by atoms with E-state index in [0.29, 0.717) is 0 Å². The van der Waals surface area contributed by atoms with Gasteiger partial charge in [-0.2, -0.15) is 0 Å². The number of furan rings is 1. The number of fused-ring (bicyclic) bond motifs is 9. The molecule has 1 heterocycles. The Kier molecular flexibility index (Phi) is 7.41. The van der Waals surface area contributed by atoms with E-state index < -0.39 is 0 Å². The van der Waals surface area contributed by atoms with E-state index in [9.17, 15) is 0 Å². The molecule has 0 amide bonds. The van der Waals surface area contributed by atoms with Crippen molar-refractivity contribution < 1.29 is 4.42 Å². The quantitative estimate of drug-likeness (QED) is 0.174. The molecule has 280 valence electrons. The van der Waals surface area contributed by atoms with Gasteiger partial charge in [-0.15, -0.1) is 0 Å². The van der Waals surface area contributed by atoms with Crippen LogP contribution in [0.25, 0.3) is 66.4 Å². The summed E-state index contributed by atoms with van der Waals surface area (Å²) in [5, 5.41) is 2.27. The molecular weight excluding hydrogens is 703 g/mol. The van der Waals surface area contributed by atoms with Gasteiger partial charge in [0.1, 0.15) is 11.2 Å². The molecule has 11 rings (SSSR count). The maximum Gasteiger partial charge on any atom is 0.143 e. The fourth-order valence-electron chi connectivity index (χ4n) is 10.3. The fourth-order valence-corrected chi connectivity index (χ4v) is 10.3. The van der Waals surface area contributed by atoms with Gasteiger partial charge in [0.2, 0.25) is 0 Å². The maximum absolute atomic E-state index is 6.54. The summed E-state index contributed by atoms with van der Waals surface area (Å²) in [6, 6.07) is 60.6. The first-order valence-corrected chi connectivity index (χ1v) is 20.5. The van der Waals surface area contributed by atoms with Crippen molar-refractivity contribution in [3.63, 3.8) is 0 Å². The molecule has 2 nitrogen and oxygen atoms in total. The Morgan fingerprint density at radius 3 is 1.88 bits per heavy atom. The molecule has 0 fully saturated rings. The van der Waals surface area contributed by atoms with Crippen LogP contribution in [0.1, 0.15) is 61.1 Å². The van der Waals surface area contributed by atoms with Crippen LogP contribution in [0.15, 0.2) is 168 Å². The van der Waals surface area contributed by atoms with Crippen LogP contribution in [-0.2, 0) is 10.8 Å². The van der Waals surface area contributed by atoms with Crippen molar-refractivity contribution in [2.75, 3.05) is 4.90 Å². The molecule has 2 aliphatic carbocycles. The zero-order chi connectivity index (χ0) is 39.5. The molecule has 0 unspecified atom stereocenters. The Labute approximate surface area is 341 Å². The van der Waals surface area contributed by atoms with Gasteiger partial charge in [0, 0.05) is 44.2 Å². The number of hydrogen-bond acceptors (Lipinski definition) is 2. The van der Waals surface area contributed by atoms with E-state index in [-0.39, 0.29) is 10.8 Å². The summed E-state index contributed by atoms with van der Waals surface area (Å²) >= 11 is 0. The van der Waals surface area contributed by atoms with E-state index in [4.69, 9.17) is 4.42 Å². The Morgan fingerprint density at radius 2 is 1.03 bits per heavy atom. The molecule has 1 aromatic heterocycles. The highest BCUT2D eigenvalue weighted by atomic mass is 16.3. The van der Waals surface area contributed by atoms with Gasteiger partial charge < -0.3 is 9.32 Å². The molecular formula is C56H45NO. The summed E-state index contributed by atoms with van der Waals surface area (Å²) in [6.45, 7) is 13.9. The van der Waals surface area contributed by atoms with E-state index >= 15 is 0 Å². The van der Waals surface area contributed by atoms with Crippen molar-refractivity contribution in [2.45, 2.75) is 52.4 Å². The average Bonchev–Trinajstić information content (AvgIpc) is 3.81. The second-order valence-electron chi connectivity index (χ2n) is 17.5. The Balaban J connectivity index is 1.08. The first-order chi connectivity index (χ1) is 28.1. The van der Waals surface area contributed by atoms with Gasteiger partial charge >= 0.3 is 0 Å². The van der Waals surface area contributed by atoms with E-state index in [1.807, 2.05) is 6.07 Å². The molecule has 0 saturated heterocycles. The molecule has 58 heavy (non-hydrogen) atoms. The van der Waals surface area contributed by atoms with Gasteiger partial charge in [0.15, 0.2) is 0 Å². The van der Waals surface area contributed by atoms with E-state index in [1.54, 1.807) is 0 Å². The molecule has 0 saturated carbocycles. The topological polar surface area (TPSA) is 16.4 Å². The van der Waals surface area contributed by atoms with Crippen molar-refractivity contribution >= 4 is 39.0 Å². The van der Waals surface area contributed by atoms with Gasteiger partial charge in [0.25, 0.3) is 0 Å². The van der Waals surface area contributed by atoms with Gasteiger partial charge in [-0.3, -0.25) is 0 Å². The van der Waals surface area contributed by atoms with Crippen molar-refractivity contribution in [3.8, 4) is 44.5 Å². The minimum atomic E-state index is -0.126. The molecule has 9 aromatic rings. The largest absolute Gasteiger partial charge is 0.455 e. The maximum atomic E-state index is 6.54. The minimum absolute atomic E-state index is 0.0443. The highest BCUT2D eigenvalue weighted by Crippen LogP contribution is 2.53. The third-order valence-electron chi connectivity index (χ3n) is 13.2. The predicted molar refractivity (Wildman–Crippen MR) is 244 cm³/mol. The normalized spacial score (nSPS) is 14.3. The highest BCUT2D eigenvalue weighted by molar-refractivity contribution is 6.09. The minimum Gasteiger partial charge on any atom is -0.455 e. The van der Waals surface area contributed by atoms with Crippen LogP contribution >= 0.6 is 0 Å². The molecule has 0 bridgehead atoms. The van der Waals surface area contributed by atoms with Crippen LogP contribution < -0.4 is 4.90 Å². The molecule has 8 aromatic carbocycles. The summed E-state index contributed by atoms with van der Waals surface area (Å²) in [7, 11) is 0. The molecule has 0 N–H and O–H groups in total. The van der Waals surface area contributed by atoms with Crippen LogP contribution in [0.5, 0.6) is 0 Å². The molecule has 2 heteroatoms. The molecule has 2 aliphatic rings. The monoisotopic (exact) mass is 747 g/mol. The zero-order valence-corrected chi connectivity index (χ0v) is 33.9. The lowest BCUT2D eigenvalue weighted by atomic mass is 9.81. The lowest BCUT2D eigenvalue weighted by Gasteiger charge is -2.29. The van der Waals surface area contributed by atoms with Crippen molar-refractivity contribution in [3.05, 3.63) is 197 Å². The Bertz CT molecular complexity index is 3160. The summed E-state index contributed by atoms with van der Waals surface area (Å²) in [5.74, 6) is 0. The van der Waals surface area contributed by atoms with Gasteiger partial charge in [-0.1, -0.05) is 149 Å². The van der Waals surface area contributed by atoms with Gasteiger partial charge in [-0.25, -0.2) is 0 Å². The first-order valence-electron chi connectivity index (χ1n) is 20.5. The third kappa shape index (κ3) is 5.04. The number of para-hydroxylation sites is 2. The lowest BCUT2D eigenvalue weighted by Crippen LogP contribution is -2.16. The second kappa shape index (κ2) is 12.4. The van der Waals surface area contributed by atoms with Crippen LogP contribution in [0.3, 0.4) is 0 Å². The second-order valence-corrected chi connectivity index (χ2v) is 17.5. The fraction of sp³-hybridized carbons (Fsp3) is 0.143. The highest BCUT2D eigenvalue weighted by Gasteiger charge is 2.37. The average molecular weight is 748 g/mol. The molecule has 0 spiro atoms. The number of benzene rings is 8. The summed E-state index contributed by atoms with van der Waals surface area (Å²) in [4.78, 5) is 2.43. The zero-order valence-electron chi connectivity index (χ0n) is 33.9. The Hall–Kier alpha value is -6.64. The van der Waals surface area contributed by atoms with Crippen LogP contribution in [0.2, 0.25) is 0 Å². The lowest BCUT2D eigenvalue weighted by molar-refractivity contribution is 0.659. The molecule has 0 radical (unpaired) electrons. The summed E-state index contributed by atoms with van der Waals surface area (Å²) < 4.78 is 6.54. The first kappa shape index (κ1) is 34.6. The standard InChI is InChI=1S/C56H45NO/c1-34-28-35(2)53-47-32-37(24-27-49(47)56(5,6)51(53)29-34)36-14-11-16-39(30-36)57(41-25-26-44-43-18-7-9-22-48(43)55(3,4)50(44)33-41)40-17-12-15-38(31-40)42-20-13-21-46-45-19-8-10-23-52(45)58-54(42)46/h7-33H,1-6H3. The van der Waals surface area contributed by atoms with Crippen LogP contribution in [-0.4, -0.2) is 0 Å². The number of hydrogen-bond donors (Lipinski definition) is 0. The molecule has 0 aliphatic heterocycles. The summed E-state index contributed by atoms with van der Waals surface area (Å²) in [5.41, 5.74) is 23.2. The van der Waals surface area contributed by atoms with Gasteiger partial charge in [-0.05, 0) is 129 Å².